The lowest BCUT2D eigenvalue weighted by atomic mass is 10.2. The molecule has 11 heteroatoms. The number of rotatable bonds is 4. The van der Waals surface area contributed by atoms with Crippen LogP contribution in [0, 0.1) is 6.92 Å². The molecule has 142 valence electrons. The van der Waals surface area contributed by atoms with Gasteiger partial charge in [-0.2, -0.15) is 0 Å². The average molecular weight is 442 g/mol. The molecule has 1 aromatic carbocycles. The molecule has 0 amide bonds. The van der Waals surface area contributed by atoms with Crippen molar-refractivity contribution >= 4 is 48.4 Å². The van der Waals surface area contributed by atoms with Crippen molar-refractivity contribution in [3.8, 4) is 10.6 Å². The van der Waals surface area contributed by atoms with Gasteiger partial charge in [0, 0.05) is 11.9 Å². The second-order valence-corrected chi connectivity index (χ2v) is 11.8. The summed E-state index contributed by atoms with van der Waals surface area (Å²) in [7, 11) is -7.56. The highest BCUT2D eigenvalue weighted by molar-refractivity contribution is 7.94. The summed E-state index contributed by atoms with van der Waals surface area (Å²) in [5, 5.41) is 7.98. The minimum atomic E-state index is -3.83. The van der Waals surface area contributed by atoms with Crippen molar-refractivity contribution in [2.75, 3.05) is 10.8 Å². The molecule has 0 fully saturated rings. The van der Waals surface area contributed by atoms with Crippen LogP contribution in [0.3, 0.4) is 0 Å². The molecule has 3 aromatic rings. The Balaban J connectivity index is 1.70. The largest absolute Gasteiger partial charge is 0.273 e. The van der Waals surface area contributed by atoms with E-state index in [1.807, 2.05) is 12.3 Å². The van der Waals surface area contributed by atoms with Gasteiger partial charge in [-0.25, -0.2) is 27.0 Å². The number of thiazole rings is 1. The Labute approximate surface area is 165 Å². The molecular weight excluding hydrogens is 426 g/mol. The molecule has 0 radical (unpaired) electrons. The first kappa shape index (κ1) is 18.6. The molecule has 0 atom stereocenters. The summed E-state index contributed by atoms with van der Waals surface area (Å²) >= 11 is 2.69. The van der Waals surface area contributed by atoms with E-state index in [-0.39, 0.29) is 15.6 Å². The number of fused-ring (bicyclic) bond motifs is 1. The first-order valence-corrected chi connectivity index (χ1v) is 12.6. The highest BCUT2D eigenvalue weighted by atomic mass is 32.2. The van der Waals surface area contributed by atoms with Gasteiger partial charge in [-0.1, -0.05) is 0 Å². The number of aromatic nitrogens is 1. The molecule has 0 saturated carbocycles. The third kappa shape index (κ3) is 3.29. The minimum absolute atomic E-state index is 0.0159. The maximum atomic E-state index is 13.1. The predicted octanol–water partition coefficient (Wildman–Crippen LogP) is 2.58. The van der Waals surface area contributed by atoms with Crippen LogP contribution >= 0.6 is 22.7 Å². The van der Waals surface area contributed by atoms with E-state index in [2.05, 4.69) is 4.98 Å². The normalized spacial score (nSPS) is 14.5. The van der Waals surface area contributed by atoms with Crippen molar-refractivity contribution < 1.29 is 16.8 Å². The highest BCUT2D eigenvalue weighted by Gasteiger charge is 2.32. The van der Waals surface area contributed by atoms with Crippen LogP contribution in [0.25, 0.3) is 10.6 Å². The van der Waals surface area contributed by atoms with Gasteiger partial charge >= 0.3 is 0 Å². The number of hydrogen-bond acceptors (Lipinski definition) is 7. The molecule has 3 heterocycles. The topological polar surface area (TPSA) is 110 Å². The van der Waals surface area contributed by atoms with Crippen LogP contribution in [0.15, 0.2) is 44.8 Å². The third-order valence-corrected chi connectivity index (χ3v) is 9.30. The summed E-state index contributed by atoms with van der Waals surface area (Å²) < 4.78 is 50.8. The van der Waals surface area contributed by atoms with Crippen LogP contribution in [-0.4, -0.2) is 28.4 Å². The lowest BCUT2D eigenvalue weighted by Crippen LogP contribution is -2.28. The van der Waals surface area contributed by atoms with Gasteiger partial charge in [0.15, 0.2) is 0 Å². The van der Waals surface area contributed by atoms with E-state index in [9.17, 15) is 16.8 Å². The number of benzene rings is 1. The smallest absolute Gasteiger partial charge is 0.265 e. The Hall–Kier alpha value is -1.79. The molecule has 0 unspecified atom stereocenters. The van der Waals surface area contributed by atoms with Crippen molar-refractivity contribution in [2.45, 2.75) is 22.4 Å². The van der Waals surface area contributed by atoms with Gasteiger partial charge in [0.1, 0.15) is 4.21 Å². The zero-order chi connectivity index (χ0) is 19.4. The molecule has 0 saturated heterocycles. The quantitative estimate of drug-likeness (QED) is 0.669. The average Bonchev–Trinajstić information content (AvgIpc) is 3.32. The second-order valence-electron chi connectivity index (χ2n) is 6.03. The van der Waals surface area contributed by atoms with Gasteiger partial charge in [-0.05, 0) is 49.2 Å². The minimum Gasteiger partial charge on any atom is -0.265 e. The number of nitrogens with zero attached hydrogens (tertiary/aromatic N) is 2. The molecular formula is C16H15N3O4S4. The Morgan fingerprint density at radius 2 is 1.93 bits per heavy atom. The number of anilines is 1. The maximum absolute atomic E-state index is 13.1. The van der Waals surface area contributed by atoms with Crippen molar-refractivity contribution in [3.05, 3.63) is 46.3 Å². The number of thiophene rings is 1. The fourth-order valence-corrected chi connectivity index (χ4v) is 7.09. The summed E-state index contributed by atoms with van der Waals surface area (Å²) in [6, 6.07) is 7.61. The second kappa shape index (κ2) is 6.38. The van der Waals surface area contributed by atoms with Gasteiger partial charge < -0.3 is 0 Å². The Kier molecular flexibility index (Phi) is 4.39. The first-order chi connectivity index (χ1) is 12.7. The van der Waals surface area contributed by atoms with Crippen LogP contribution in [0.2, 0.25) is 0 Å². The van der Waals surface area contributed by atoms with Crippen LogP contribution in [0.1, 0.15) is 10.6 Å². The number of primary sulfonamides is 1. The van der Waals surface area contributed by atoms with Crippen LogP contribution in [0.5, 0.6) is 0 Å². The standard InChI is InChI=1S/C16H15N3O4S4/c1-10-18-13(9-24-10)15-4-5-16(25-15)27(22,23)19-7-6-11-8-12(26(17,20)21)2-3-14(11)19/h2-5,8-9H,6-7H2,1H3,(H2,17,20,21). The van der Waals surface area contributed by atoms with Gasteiger partial charge in [0.2, 0.25) is 10.0 Å². The van der Waals surface area contributed by atoms with E-state index in [0.717, 1.165) is 15.6 Å². The Morgan fingerprint density at radius 3 is 2.59 bits per heavy atom. The van der Waals surface area contributed by atoms with E-state index in [1.54, 1.807) is 12.1 Å². The molecule has 7 nitrogen and oxygen atoms in total. The van der Waals surface area contributed by atoms with Gasteiger partial charge in [-0.15, -0.1) is 22.7 Å². The number of aryl methyl sites for hydroxylation is 1. The van der Waals surface area contributed by atoms with Gasteiger partial charge in [-0.3, -0.25) is 4.31 Å². The van der Waals surface area contributed by atoms with E-state index in [4.69, 9.17) is 5.14 Å². The fourth-order valence-electron chi connectivity index (χ4n) is 2.96. The molecule has 0 bridgehead atoms. The monoisotopic (exact) mass is 441 g/mol. The first-order valence-electron chi connectivity index (χ1n) is 7.87. The summed E-state index contributed by atoms with van der Waals surface area (Å²) in [4.78, 5) is 5.17. The fraction of sp³-hybridized carbons (Fsp3) is 0.188. The Morgan fingerprint density at radius 1 is 1.15 bits per heavy atom. The molecule has 2 aromatic heterocycles. The molecule has 1 aliphatic heterocycles. The summed E-state index contributed by atoms with van der Waals surface area (Å²) in [6.07, 6.45) is 0.432. The Bertz CT molecular complexity index is 1240. The molecule has 0 aliphatic carbocycles. The summed E-state index contributed by atoms with van der Waals surface area (Å²) in [5.74, 6) is 0. The van der Waals surface area contributed by atoms with Crippen LogP contribution in [-0.2, 0) is 26.5 Å². The molecule has 27 heavy (non-hydrogen) atoms. The zero-order valence-corrected chi connectivity index (χ0v) is 17.4. The van der Waals surface area contributed by atoms with Gasteiger partial charge in [0.25, 0.3) is 10.0 Å². The molecule has 1 aliphatic rings. The number of sulfonamides is 2. The van der Waals surface area contributed by atoms with Gasteiger partial charge in [0.05, 0.1) is 26.2 Å². The highest BCUT2D eigenvalue weighted by Crippen LogP contribution is 2.38. The van der Waals surface area contributed by atoms with E-state index < -0.39 is 20.0 Å². The summed E-state index contributed by atoms with van der Waals surface area (Å²) in [6.45, 7) is 2.16. The lowest BCUT2D eigenvalue weighted by Gasteiger charge is -2.18. The van der Waals surface area contributed by atoms with E-state index in [1.165, 1.54) is 45.2 Å². The number of hydrogen-bond donors (Lipinski definition) is 1. The van der Waals surface area contributed by atoms with E-state index >= 15 is 0 Å². The maximum Gasteiger partial charge on any atom is 0.273 e. The molecule has 2 N–H and O–H groups in total. The van der Waals surface area contributed by atoms with Crippen LogP contribution < -0.4 is 9.44 Å². The lowest BCUT2D eigenvalue weighted by molar-refractivity contribution is 0.594. The molecule has 4 rings (SSSR count). The van der Waals surface area contributed by atoms with Crippen molar-refractivity contribution in [2.24, 2.45) is 5.14 Å². The third-order valence-electron chi connectivity index (χ3n) is 4.23. The molecule has 0 spiro atoms. The van der Waals surface area contributed by atoms with E-state index in [0.29, 0.717) is 17.7 Å². The van der Waals surface area contributed by atoms with Crippen molar-refractivity contribution in [1.29, 1.82) is 0 Å². The predicted molar refractivity (Wildman–Crippen MR) is 106 cm³/mol. The van der Waals surface area contributed by atoms with Crippen LogP contribution in [0.4, 0.5) is 5.69 Å². The summed E-state index contributed by atoms with van der Waals surface area (Å²) in [5.41, 5.74) is 1.91. The SMILES string of the molecule is Cc1nc(-c2ccc(S(=O)(=O)N3CCc4cc(S(N)(=O)=O)ccc43)s2)cs1. The number of nitrogens with two attached hydrogens (primary N) is 1. The van der Waals surface area contributed by atoms with Crippen molar-refractivity contribution in [1.82, 2.24) is 4.98 Å². The van der Waals surface area contributed by atoms with Crippen molar-refractivity contribution in [3.63, 3.8) is 0 Å². The zero-order valence-electron chi connectivity index (χ0n) is 14.1.